The van der Waals surface area contributed by atoms with E-state index in [9.17, 15) is 4.79 Å². The van der Waals surface area contributed by atoms with Crippen LogP contribution >= 0.6 is 22.9 Å². The summed E-state index contributed by atoms with van der Waals surface area (Å²) in [6.45, 7) is 0.0568. The number of ketones is 1. The van der Waals surface area contributed by atoms with Crippen LogP contribution in [0.15, 0.2) is 35.8 Å². The Hall–Kier alpha value is -1.39. The Labute approximate surface area is 108 Å². The van der Waals surface area contributed by atoms with E-state index in [-0.39, 0.29) is 12.4 Å². The number of thiazole rings is 1. The number of Topliss-reactive ketones (excluding diaryl/α,β-unsaturated/α-hetero) is 1. The third-order valence-corrected chi connectivity index (χ3v) is 3.08. The summed E-state index contributed by atoms with van der Waals surface area (Å²) < 4.78 is 5.34. The first-order valence-electron chi connectivity index (χ1n) is 5.02. The van der Waals surface area contributed by atoms with Gasteiger partial charge in [0.05, 0.1) is 11.4 Å². The van der Waals surface area contributed by atoms with E-state index in [1.165, 1.54) is 11.3 Å². The predicted octanol–water partition coefficient (Wildman–Crippen LogP) is 2.99. The molecule has 3 nitrogen and oxygen atoms in total. The van der Waals surface area contributed by atoms with E-state index in [1.807, 2.05) is 5.38 Å². The summed E-state index contributed by atoms with van der Waals surface area (Å²) in [6.07, 6.45) is 2.01. The second kappa shape index (κ2) is 5.80. The number of hydrogen-bond acceptors (Lipinski definition) is 4. The van der Waals surface area contributed by atoms with Gasteiger partial charge in [0.2, 0.25) is 0 Å². The van der Waals surface area contributed by atoms with Gasteiger partial charge in [0, 0.05) is 16.6 Å². The molecule has 0 saturated carbocycles. The van der Waals surface area contributed by atoms with Crippen molar-refractivity contribution in [3.8, 4) is 5.75 Å². The summed E-state index contributed by atoms with van der Waals surface area (Å²) in [5.41, 5.74) is 0. The Morgan fingerprint density at radius 2 is 2.12 bits per heavy atom. The fourth-order valence-electron chi connectivity index (χ4n) is 1.25. The zero-order valence-corrected chi connectivity index (χ0v) is 10.5. The van der Waals surface area contributed by atoms with Crippen molar-refractivity contribution in [2.75, 3.05) is 6.61 Å². The molecule has 0 aliphatic heterocycles. The van der Waals surface area contributed by atoms with Crippen molar-refractivity contribution in [2.45, 2.75) is 6.42 Å². The summed E-state index contributed by atoms with van der Waals surface area (Å²) in [5.74, 6) is 0.650. The number of carbonyl (C=O) groups is 1. The lowest BCUT2D eigenvalue weighted by Gasteiger charge is -2.04. The Kier molecular flexibility index (Phi) is 4.12. The van der Waals surface area contributed by atoms with Gasteiger partial charge in [-0.2, -0.15) is 0 Å². The molecular weight excluding hydrogens is 258 g/mol. The third kappa shape index (κ3) is 3.84. The molecule has 0 saturated heterocycles. The van der Waals surface area contributed by atoms with Gasteiger partial charge in [0.25, 0.3) is 0 Å². The van der Waals surface area contributed by atoms with E-state index in [0.29, 0.717) is 17.2 Å². The number of nitrogens with zero attached hydrogens (tertiary/aromatic N) is 1. The van der Waals surface area contributed by atoms with Crippen LogP contribution in [-0.2, 0) is 11.2 Å². The number of halogens is 1. The van der Waals surface area contributed by atoms with E-state index in [1.54, 1.807) is 30.5 Å². The van der Waals surface area contributed by atoms with Crippen LogP contribution < -0.4 is 4.74 Å². The number of benzene rings is 1. The van der Waals surface area contributed by atoms with Crippen molar-refractivity contribution in [3.63, 3.8) is 0 Å². The van der Waals surface area contributed by atoms with E-state index in [0.717, 1.165) is 5.01 Å². The molecule has 0 amide bonds. The average molecular weight is 268 g/mol. The van der Waals surface area contributed by atoms with Crippen molar-refractivity contribution < 1.29 is 9.53 Å². The minimum Gasteiger partial charge on any atom is -0.486 e. The molecule has 2 rings (SSSR count). The summed E-state index contributed by atoms with van der Waals surface area (Å²) in [5, 5.41) is 3.31. The number of aromatic nitrogens is 1. The molecule has 1 aromatic carbocycles. The van der Waals surface area contributed by atoms with Crippen LogP contribution in [0.5, 0.6) is 5.75 Å². The largest absolute Gasteiger partial charge is 0.486 e. The third-order valence-electron chi connectivity index (χ3n) is 2.05. The molecule has 1 aromatic heterocycles. The Morgan fingerprint density at radius 1 is 1.35 bits per heavy atom. The van der Waals surface area contributed by atoms with E-state index >= 15 is 0 Å². The van der Waals surface area contributed by atoms with Crippen molar-refractivity contribution in [1.82, 2.24) is 4.98 Å². The summed E-state index contributed by atoms with van der Waals surface area (Å²) in [6, 6.07) is 6.92. The Balaban J connectivity index is 1.82. The van der Waals surface area contributed by atoms with Crippen LogP contribution in [0.2, 0.25) is 5.02 Å². The maximum Gasteiger partial charge on any atom is 0.176 e. The molecule has 0 aliphatic rings. The predicted molar refractivity (Wildman–Crippen MR) is 67.8 cm³/mol. The minimum absolute atomic E-state index is 0.00917. The fourth-order valence-corrected chi connectivity index (χ4v) is 2.03. The quantitative estimate of drug-likeness (QED) is 0.836. The maximum absolute atomic E-state index is 11.6. The standard InChI is InChI=1S/C12H10ClNO2S/c13-9-1-3-11(4-2-9)16-8-10(15)7-12-14-5-6-17-12/h1-6H,7-8H2. The van der Waals surface area contributed by atoms with Crippen LogP contribution in [0, 0.1) is 0 Å². The van der Waals surface area contributed by atoms with E-state index in [2.05, 4.69) is 4.98 Å². The Bertz CT molecular complexity index is 482. The minimum atomic E-state index is 0.00917. The first kappa shape index (κ1) is 12.1. The first-order valence-corrected chi connectivity index (χ1v) is 6.28. The summed E-state index contributed by atoms with van der Waals surface area (Å²) in [7, 11) is 0. The molecule has 0 unspecified atom stereocenters. The van der Waals surface area contributed by atoms with Gasteiger partial charge in [-0.1, -0.05) is 11.6 Å². The molecule has 0 bridgehead atoms. The van der Waals surface area contributed by atoms with Gasteiger partial charge >= 0.3 is 0 Å². The van der Waals surface area contributed by atoms with Crippen LogP contribution in [-0.4, -0.2) is 17.4 Å². The molecule has 5 heteroatoms. The molecule has 17 heavy (non-hydrogen) atoms. The van der Waals surface area contributed by atoms with Crippen molar-refractivity contribution in [3.05, 3.63) is 45.9 Å². The van der Waals surface area contributed by atoms with E-state index in [4.69, 9.17) is 16.3 Å². The van der Waals surface area contributed by atoms with Gasteiger partial charge in [0.1, 0.15) is 12.4 Å². The van der Waals surface area contributed by atoms with Gasteiger partial charge < -0.3 is 4.74 Å². The molecule has 0 atom stereocenters. The van der Waals surface area contributed by atoms with Crippen molar-refractivity contribution >= 4 is 28.7 Å². The second-order valence-electron chi connectivity index (χ2n) is 3.38. The number of carbonyl (C=O) groups excluding carboxylic acids is 1. The highest BCUT2D eigenvalue weighted by Gasteiger charge is 2.06. The lowest BCUT2D eigenvalue weighted by Crippen LogP contribution is -2.13. The monoisotopic (exact) mass is 267 g/mol. The molecule has 1 heterocycles. The van der Waals surface area contributed by atoms with E-state index < -0.39 is 0 Å². The highest BCUT2D eigenvalue weighted by molar-refractivity contribution is 7.09. The summed E-state index contributed by atoms with van der Waals surface area (Å²) >= 11 is 7.21. The molecule has 2 aromatic rings. The molecule has 88 valence electrons. The Morgan fingerprint density at radius 3 is 2.76 bits per heavy atom. The fraction of sp³-hybridized carbons (Fsp3) is 0.167. The van der Waals surface area contributed by atoms with Crippen molar-refractivity contribution in [1.29, 1.82) is 0 Å². The molecule has 0 radical (unpaired) electrons. The maximum atomic E-state index is 11.6. The summed E-state index contributed by atoms with van der Waals surface area (Å²) in [4.78, 5) is 15.6. The van der Waals surface area contributed by atoms with Crippen molar-refractivity contribution in [2.24, 2.45) is 0 Å². The molecule has 0 aliphatic carbocycles. The SMILES string of the molecule is O=C(COc1ccc(Cl)cc1)Cc1nccs1. The average Bonchev–Trinajstić information content (AvgIpc) is 2.81. The second-order valence-corrected chi connectivity index (χ2v) is 4.80. The van der Waals surface area contributed by atoms with Gasteiger partial charge in [-0.15, -0.1) is 11.3 Å². The zero-order valence-electron chi connectivity index (χ0n) is 8.93. The highest BCUT2D eigenvalue weighted by Crippen LogP contribution is 2.15. The molecular formula is C12H10ClNO2S. The number of hydrogen-bond donors (Lipinski definition) is 0. The number of rotatable bonds is 5. The van der Waals surface area contributed by atoms with Gasteiger partial charge in [-0.25, -0.2) is 4.98 Å². The van der Waals surface area contributed by atoms with Gasteiger partial charge in [-0.3, -0.25) is 4.79 Å². The number of ether oxygens (including phenoxy) is 1. The van der Waals surface area contributed by atoms with Gasteiger partial charge in [0.15, 0.2) is 5.78 Å². The lowest BCUT2D eigenvalue weighted by molar-refractivity contribution is -0.120. The van der Waals surface area contributed by atoms with Crippen LogP contribution in [0.25, 0.3) is 0 Å². The van der Waals surface area contributed by atoms with Crippen LogP contribution in [0.1, 0.15) is 5.01 Å². The first-order chi connectivity index (χ1) is 8.24. The lowest BCUT2D eigenvalue weighted by atomic mass is 10.3. The smallest absolute Gasteiger partial charge is 0.176 e. The molecule has 0 fully saturated rings. The zero-order chi connectivity index (χ0) is 12.1. The van der Waals surface area contributed by atoms with Crippen LogP contribution in [0.4, 0.5) is 0 Å². The molecule has 0 N–H and O–H groups in total. The normalized spacial score (nSPS) is 10.2. The highest BCUT2D eigenvalue weighted by atomic mass is 35.5. The van der Waals surface area contributed by atoms with Crippen LogP contribution in [0.3, 0.4) is 0 Å². The van der Waals surface area contributed by atoms with Gasteiger partial charge in [-0.05, 0) is 24.3 Å². The molecule has 0 spiro atoms. The topological polar surface area (TPSA) is 39.2 Å².